The van der Waals surface area contributed by atoms with Crippen LogP contribution in [-0.2, 0) is 23.4 Å². The number of carbonyl (C=O) groups is 1. The van der Waals surface area contributed by atoms with E-state index < -0.39 is 50.4 Å². The Morgan fingerprint density at radius 2 is 1.94 bits per heavy atom. The summed E-state index contributed by atoms with van der Waals surface area (Å²) in [5.74, 6) is -0.393. The van der Waals surface area contributed by atoms with E-state index in [1.54, 1.807) is 18.2 Å². The molecule has 5 N–H and O–H groups in total. The van der Waals surface area contributed by atoms with Crippen molar-refractivity contribution in [1.29, 1.82) is 0 Å². The van der Waals surface area contributed by atoms with Crippen LogP contribution in [0, 0.1) is 5.41 Å². The molecule has 0 amide bonds. The van der Waals surface area contributed by atoms with Gasteiger partial charge in [-0.3, -0.25) is 13.9 Å². The van der Waals surface area contributed by atoms with Gasteiger partial charge in [-0.05, 0) is 37.1 Å². The number of nitrogens with zero attached hydrogens (tertiary/aromatic N) is 4. The van der Waals surface area contributed by atoms with Crippen LogP contribution in [0.25, 0.3) is 21.9 Å². The quantitative estimate of drug-likeness (QED) is 0.125. The summed E-state index contributed by atoms with van der Waals surface area (Å²) < 4.78 is 44.3. The predicted octanol–water partition coefficient (Wildman–Crippen LogP) is 3.74. The average Bonchev–Trinajstić information content (AvgIpc) is 3.52. The zero-order valence-corrected chi connectivity index (χ0v) is 28.0. The van der Waals surface area contributed by atoms with Crippen molar-refractivity contribution >= 4 is 41.6 Å². The summed E-state index contributed by atoms with van der Waals surface area (Å²) in [7, 11) is -2.97. The van der Waals surface area contributed by atoms with Crippen molar-refractivity contribution in [3.05, 3.63) is 48.8 Å². The van der Waals surface area contributed by atoms with Crippen molar-refractivity contribution in [3.8, 4) is 11.6 Å². The van der Waals surface area contributed by atoms with Crippen LogP contribution in [0.15, 0.2) is 48.8 Å². The first-order chi connectivity index (χ1) is 22.1. The van der Waals surface area contributed by atoms with Gasteiger partial charge in [0.2, 0.25) is 11.8 Å². The maximum atomic E-state index is 14.4. The Morgan fingerprint density at radius 3 is 2.66 bits per heavy atom. The van der Waals surface area contributed by atoms with E-state index in [2.05, 4.69) is 20.0 Å². The van der Waals surface area contributed by atoms with Crippen LogP contribution in [-0.4, -0.2) is 79.9 Å². The highest BCUT2D eigenvalue weighted by molar-refractivity contribution is 7.52. The van der Waals surface area contributed by atoms with Crippen molar-refractivity contribution in [2.75, 3.05) is 26.1 Å². The van der Waals surface area contributed by atoms with Crippen molar-refractivity contribution in [2.45, 2.75) is 71.1 Å². The number of nitrogen functional groups attached to an aromatic ring is 1. The van der Waals surface area contributed by atoms with E-state index in [9.17, 15) is 19.6 Å². The number of aromatic nitrogens is 4. The SMILES string of the molecule is COc1nc(N)nc2c1ncn2C1O[C@H](COP(=O)(N[C@@H](C)C(=O)OCCC(C)(C)C)Oc2cccc3ccccc23)[C@@H](O)[C@@]1(C)O. The second-order valence-corrected chi connectivity index (χ2v) is 14.5. The third kappa shape index (κ3) is 7.51. The number of rotatable bonds is 12. The molecule has 0 saturated carbocycles. The fraction of sp³-hybridized carbons (Fsp3) is 0.484. The van der Waals surface area contributed by atoms with Crippen LogP contribution in [0.2, 0.25) is 0 Å². The van der Waals surface area contributed by atoms with Gasteiger partial charge in [-0.1, -0.05) is 57.2 Å². The van der Waals surface area contributed by atoms with Crippen LogP contribution < -0.4 is 20.1 Å². The summed E-state index contributed by atoms with van der Waals surface area (Å²) in [4.78, 5) is 25.4. The third-order valence-corrected chi connectivity index (χ3v) is 9.42. The molecule has 2 aromatic carbocycles. The first-order valence-electron chi connectivity index (χ1n) is 15.1. The maximum Gasteiger partial charge on any atom is 0.459 e. The molecule has 0 radical (unpaired) electrons. The summed E-state index contributed by atoms with van der Waals surface area (Å²) in [5.41, 5.74) is 4.35. The van der Waals surface area contributed by atoms with E-state index in [-0.39, 0.29) is 40.8 Å². The standard InChI is InChI=1S/C31H41N6O9P/c1-18(27(39)43-15-14-30(2,3)4)36-47(41,46-21-13-9-11-19-10-7-8-12-20(19)21)44-16-22-24(38)31(5,40)28(45-22)37-17-33-23-25(37)34-29(32)35-26(23)42-6/h7-13,17-18,22,24,28,38,40H,14-16H2,1-6H3,(H,36,41)(H2,32,34,35)/t18-,22+,24+,28?,31+,47?/m0/s1. The molecule has 2 aromatic heterocycles. The Hall–Kier alpha value is -3.85. The van der Waals surface area contributed by atoms with Crippen molar-refractivity contribution in [3.63, 3.8) is 0 Å². The number of nitrogens with two attached hydrogens (primary N) is 1. The van der Waals surface area contributed by atoms with Gasteiger partial charge in [0.05, 0.1) is 26.7 Å². The van der Waals surface area contributed by atoms with Gasteiger partial charge in [0.1, 0.15) is 29.6 Å². The molecule has 6 atom stereocenters. The van der Waals surface area contributed by atoms with Gasteiger partial charge >= 0.3 is 13.7 Å². The first-order valence-corrected chi connectivity index (χ1v) is 16.6. The number of benzene rings is 2. The molecule has 1 saturated heterocycles. The smallest absolute Gasteiger partial charge is 0.459 e. The minimum atomic E-state index is -4.37. The summed E-state index contributed by atoms with van der Waals surface area (Å²) in [6.45, 7) is 8.60. The van der Waals surface area contributed by atoms with Crippen LogP contribution in [0.4, 0.5) is 5.95 Å². The van der Waals surface area contributed by atoms with Gasteiger partial charge in [0.25, 0.3) is 0 Å². The zero-order valence-electron chi connectivity index (χ0n) is 27.1. The highest BCUT2D eigenvalue weighted by atomic mass is 31.2. The minimum absolute atomic E-state index is 0.0529. The van der Waals surface area contributed by atoms with Crippen molar-refractivity contribution in [1.82, 2.24) is 24.6 Å². The van der Waals surface area contributed by atoms with Crippen molar-refractivity contribution < 1.29 is 42.8 Å². The molecule has 0 aliphatic carbocycles. The number of nitrogens with one attached hydrogen (secondary N) is 1. The van der Waals surface area contributed by atoms with E-state index in [1.165, 1.54) is 31.9 Å². The summed E-state index contributed by atoms with van der Waals surface area (Å²) in [6.07, 6.45) is -2.00. The number of ether oxygens (including phenoxy) is 3. The molecule has 0 bridgehead atoms. The molecule has 16 heteroatoms. The molecule has 5 rings (SSSR count). The number of carbonyl (C=O) groups excluding carboxylic acids is 1. The second kappa shape index (κ2) is 13.3. The maximum absolute atomic E-state index is 14.4. The lowest BCUT2D eigenvalue weighted by Gasteiger charge is -2.27. The van der Waals surface area contributed by atoms with Gasteiger partial charge < -0.3 is 34.7 Å². The van der Waals surface area contributed by atoms with E-state index >= 15 is 0 Å². The molecule has 2 unspecified atom stereocenters. The normalized spacial score (nSPS) is 23.4. The van der Waals surface area contributed by atoms with E-state index in [4.69, 9.17) is 29.0 Å². The number of hydrogen-bond donors (Lipinski definition) is 4. The second-order valence-electron chi connectivity index (χ2n) is 12.8. The predicted molar refractivity (Wildman–Crippen MR) is 173 cm³/mol. The zero-order chi connectivity index (χ0) is 34.1. The number of esters is 1. The number of hydrogen-bond acceptors (Lipinski definition) is 13. The number of fused-ring (bicyclic) bond motifs is 2. The molecule has 47 heavy (non-hydrogen) atoms. The Kier molecular flexibility index (Phi) is 9.79. The Morgan fingerprint density at radius 1 is 1.21 bits per heavy atom. The number of methoxy groups -OCH3 is 1. The summed E-state index contributed by atoms with van der Waals surface area (Å²) in [5, 5.41) is 26.7. The monoisotopic (exact) mass is 672 g/mol. The molecule has 254 valence electrons. The van der Waals surface area contributed by atoms with E-state index in [0.717, 1.165) is 5.39 Å². The van der Waals surface area contributed by atoms with Gasteiger partial charge in [-0.15, -0.1) is 0 Å². The van der Waals surface area contributed by atoms with Crippen LogP contribution in [0.5, 0.6) is 11.6 Å². The van der Waals surface area contributed by atoms with E-state index in [1.807, 2.05) is 45.0 Å². The lowest BCUT2D eigenvalue weighted by atomic mass is 9.93. The fourth-order valence-electron chi connectivity index (χ4n) is 5.14. The van der Waals surface area contributed by atoms with Crippen LogP contribution >= 0.6 is 7.75 Å². The Labute approximate surface area is 271 Å². The van der Waals surface area contributed by atoms with Gasteiger partial charge in [0, 0.05) is 5.39 Å². The van der Waals surface area contributed by atoms with Crippen LogP contribution in [0.3, 0.4) is 0 Å². The fourth-order valence-corrected chi connectivity index (χ4v) is 6.66. The number of imidazole rings is 1. The number of aliphatic hydroxyl groups excluding tert-OH is 1. The highest BCUT2D eigenvalue weighted by Crippen LogP contribution is 2.48. The lowest BCUT2D eigenvalue weighted by Crippen LogP contribution is -2.44. The molecule has 1 fully saturated rings. The molecule has 0 spiro atoms. The summed E-state index contributed by atoms with van der Waals surface area (Å²) in [6, 6.07) is 11.5. The molecular formula is C31H41N6O9P. The van der Waals surface area contributed by atoms with Gasteiger partial charge in [-0.2, -0.15) is 15.1 Å². The first kappa shape index (κ1) is 34.5. The number of anilines is 1. The van der Waals surface area contributed by atoms with Gasteiger partial charge in [0.15, 0.2) is 17.4 Å². The average molecular weight is 673 g/mol. The molecule has 3 heterocycles. The van der Waals surface area contributed by atoms with Gasteiger partial charge in [-0.25, -0.2) is 9.55 Å². The van der Waals surface area contributed by atoms with Crippen LogP contribution in [0.1, 0.15) is 47.3 Å². The molecular weight excluding hydrogens is 631 g/mol. The molecule has 4 aromatic rings. The molecule has 1 aliphatic heterocycles. The molecule has 15 nitrogen and oxygen atoms in total. The minimum Gasteiger partial charge on any atom is -0.479 e. The largest absolute Gasteiger partial charge is 0.479 e. The highest BCUT2D eigenvalue weighted by Gasteiger charge is 2.54. The summed E-state index contributed by atoms with van der Waals surface area (Å²) >= 11 is 0. The third-order valence-electron chi connectivity index (χ3n) is 7.79. The topological polar surface area (TPSA) is 202 Å². The lowest BCUT2D eigenvalue weighted by molar-refractivity contribution is -0.146. The Balaban J connectivity index is 1.38. The van der Waals surface area contributed by atoms with Crippen molar-refractivity contribution in [2.24, 2.45) is 5.41 Å². The molecule has 1 aliphatic rings. The number of aliphatic hydroxyl groups is 2. The van der Waals surface area contributed by atoms with E-state index in [0.29, 0.717) is 11.8 Å². The Bertz CT molecular complexity index is 1790.